The largest absolute Gasteiger partial charge is 0.497 e. The van der Waals surface area contributed by atoms with E-state index in [0.717, 1.165) is 22.1 Å². The standard InChI is InChI=1S/C24H20N2O3S/c1-28-19-11-7-17(8-12-19)15-23-26-22(16-30-23)24(27)25-18-9-13-21(14-10-18)29-20-5-3-2-4-6-20/h2-14,16H,15H2,1H3,(H,25,27). The first-order valence-electron chi connectivity index (χ1n) is 9.41. The molecule has 0 saturated carbocycles. The van der Waals surface area contributed by atoms with Crippen LogP contribution in [-0.4, -0.2) is 18.0 Å². The average Bonchev–Trinajstić information content (AvgIpc) is 3.25. The Morgan fingerprint density at radius 2 is 1.57 bits per heavy atom. The molecule has 5 nitrogen and oxygen atoms in total. The van der Waals surface area contributed by atoms with Crippen molar-refractivity contribution in [2.45, 2.75) is 6.42 Å². The minimum absolute atomic E-state index is 0.232. The van der Waals surface area contributed by atoms with Crippen molar-refractivity contribution in [2.75, 3.05) is 12.4 Å². The van der Waals surface area contributed by atoms with E-state index in [-0.39, 0.29) is 5.91 Å². The van der Waals surface area contributed by atoms with E-state index in [0.29, 0.717) is 23.6 Å². The van der Waals surface area contributed by atoms with Gasteiger partial charge in [0.05, 0.1) is 12.1 Å². The van der Waals surface area contributed by atoms with E-state index in [1.807, 2.05) is 66.7 Å². The van der Waals surface area contributed by atoms with Crippen molar-refractivity contribution >= 4 is 22.9 Å². The van der Waals surface area contributed by atoms with E-state index in [9.17, 15) is 4.79 Å². The molecule has 150 valence electrons. The second-order valence-corrected chi connectivity index (χ2v) is 7.49. The molecule has 4 aromatic rings. The van der Waals surface area contributed by atoms with Gasteiger partial charge in [0, 0.05) is 17.5 Å². The maximum atomic E-state index is 12.5. The molecule has 3 aromatic carbocycles. The highest BCUT2D eigenvalue weighted by molar-refractivity contribution is 7.09. The van der Waals surface area contributed by atoms with Crippen molar-refractivity contribution < 1.29 is 14.3 Å². The van der Waals surface area contributed by atoms with E-state index in [1.54, 1.807) is 24.6 Å². The summed E-state index contributed by atoms with van der Waals surface area (Å²) in [6.07, 6.45) is 0.674. The highest BCUT2D eigenvalue weighted by Gasteiger charge is 2.12. The van der Waals surface area contributed by atoms with Gasteiger partial charge in [0.2, 0.25) is 0 Å². The average molecular weight is 417 g/mol. The number of methoxy groups -OCH3 is 1. The number of amides is 1. The Balaban J connectivity index is 1.35. The van der Waals surface area contributed by atoms with Crippen molar-refractivity contribution in [3.05, 3.63) is 101 Å². The molecule has 1 amide bonds. The molecule has 6 heteroatoms. The van der Waals surface area contributed by atoms with Crippen LogP contribution in [0, 0.1) is 0 Å². The summed E-state index contributed by atoms with van der Waals surface area (Å²) in [5.74, 6) is 2.05. The van der Waals surface area contributed by atoms with Crippen LogP contribution < -0.4 is 14.8 Å². The fourth-order valence-corrected chi connectivity index (χ4v) is 3.65. The first-order chi connectivity index (χ1) is 14.7. The number of nitrogens with one attached hydrogen (secondary N) is 1. The van der Waals surface area contributed by atoms with Crippen LogP contribution in [0.3, 0.4) is 0 Å². The lowest BCUT2D eigenvalue weighted by atomic mass is 10.1. The van der Waals surface area contributed by atoms with Crippen LogP contribution in [0.1, 0.15) is 21.1 Å². The first-order valence-corrected chi connectivity index (χ1v) is 10.3. The molecule has 0 aliphatic rings. The Labute approximate surface area is 178 Å². The zero-order valence-corrected chi connectivity index (χ0v) is 17.2. The summed E-state index contributed by atoms with van der Waals surface area (Å²) >= 11 is 1.47. The highest BCUT2D eigenvalue weighted by atomic mass is 32.1. The smallest absolute Gasteiger partial charge is 0.275 e. The van der Waals surface area contributed by atoms with Crippen LogP contribution in [0.25, 0.3) is 0 Å². The zero-order valence-electron chi connectivity index (χ0n) is 16.4. The van der Waals surface area contributed by atoms with Gasteiger partial charge in [-0.1, -0.05) is 30.3 Å². The molecule has 0 aliphatic carbocycles. The number of hydrogen-bond acceptors (Lipinski definition) is 5. The van der Waals surface area contributed by atoms with E-state index < -0.39 is 0 Å². The Bertz CT molecular complexity index is 1110. The Hall–Kier alpha value is -3.64. The minimum Gasteiger partial charge on any atom is -0.497 e. The highest BCUT2D eigenvalue weighted by Crippen LogP contribution is 2.23. The predicted octanol–water partition coefficient (Wildman–Crippen LogP) is 5.79. The molecule has 4 rings (SSSR count). The summed E-state index contributed by atoms with van der Waals surface area (Å²) in [5.41, 5.74) is 2.21. The Morgan fingerprint density at radius 1 is 0.900 bits per heavy atom. The van der Waals surface area contributed by atoms with Gasteiger partial charge < -0.3 is 14.8 Å². The topological polar surface area (TPSA) is 60.5 Å². The van der Waals surface area contributed by atoms with Crippen LogP contribution in [0.2, 0.25) is 0 Å². The third kappa shape index (κ3) is 5.04. The van der Waals surface area contributed by atoms with Crippen LogP contribution in [0.15, 0.2) is 84.2 Å². The quantitative estimate of drug-likeness (QED) is 0.414. The number of carbonyl (C=O) groups excluding carboxylic acids is 1. The minimum atomic E-state index is -0.232. The monoisotopic (exact) mass is 416 g/mol. The second kappa shape index (κ2) is 9.24. The lowest BCUT2D eigenvalue weighted by Crippen LogP contribution is -2.12. The van der Waals surface area contributed by atoms with Crippen molar-refractivity contribution in [3.8, 4) is 17.2 Å². The van der Waals surface area contributed by atoms with E-state index in [4.69, 9.17) is 9.47 Å². The number of anilines is 1. The van der Waals surface area contributed by atoms with Gasteiger partial charge in [0.25, 0.3) is 5.91 Å². The number of thiazole rings is 1. The summed E-state index contributed by atoms with van der Waals surface area (Å²) in [5, 5.41) is 5.54. The van der Waals surface area contributed by atoms with Crippen LogP contribution in [0.5, 0.6) is 17.2 Å². The predicted molar refractivity (Wildman–Crippen MR) is 119 cm³/mol. The summed E-state index contributed by atoms with van der Waals surface area (Å²) in [6, 6.07) is 24.6. The van der Waals surface area contributed by atoms with Crippen molar-refractivity contribution in [1.29, 1.82) is 0 Å². The van der Waals surface area contributed by atoms with Gasteiger partial charge in [-0.15, -0.1) is 11.3 Å². The number of ether oxygens (including phenoxy) is 2. The maximum absolute atomic E-state index is 12.5. The molecule has 1 heterocycles. The van der Waals surface area contributed by atoms with Gasteiger partial charge in [-0.05, 0) is 54.1 Å². The second-order valence-electron chi connectivity index (χ2n) is 6.54. The van der Waals surface area contributed by atoms with Crippen molar-refractivity contribution in [2.24, 2.45) is 0 Å². The molecule has 0 fully saturated rings. The number of aromatic nitrogens is 1. The molecule has 0 aliphatic heterocycles. The van der Waals surface area contributed by atoms with E-state index >= 15 is 0 Å². The fourth-order valence-electron chi connectivity index (χ4n) is 2.84. The lowest BCUT2D eigenvalue weighted by molar-refractivity contribution is 0.102. The number of hydrogen-bond donors (Lipinski definition) is 1. The molecule has 0 radical (unpaired) electrons. The molecular formula is C24H20N2O3S. The zero-order chi connectivity index (χ0) is 20.8. The number of para-hydroxylation sites is 1. The number of rotatable bonds is 7. The van der Waals surface area contributed by atoms with E-state index in [2.05, 4.69) is 10.3 Å². The molecular weight excluding hydrogens is 396 g/mol. The molecule has 0 unspecified atom stereocenters. The Morgan fingerprint density at radius 3 is 2.27 bits per heavy atom. The van der Waals surface area contributed by atoms with Crippen molar-refractivity contribution in [3.63, 3.8) is 0 Å². The van der Waals surface area contributed by atoms with Gasteiger partial charge in [-0.3, -0.25) is 4.79 Å². The lowest BCUT2D eigenvalue weighted by Gasteiger charge is -2.07. The van der Waals surface area contributed by atoms with Gasteiger partial charge in [0.15, 0.2) is 0 Å². The van der Waals surface area contributed by atoms with Crippen LogP contribution >= 0.6 is 11.3 Å². The maximum Gasteiger partial charge on any atom is 0.275 e. The van der Waals surface area contributed by atoms with Crippen LogP contribution in [0.4, 0.5) is 5.69 Å². The SMILES string of the molecule is COc1ccc(Cc2nc(C(=O)Nc3ccc(Oc4ccccc4)cc3)cs2)cc1. The van der Waals surface area contributed by atoms with Gasteiger partial charge in [-0.2, -0.15) is 0 Å². The number of carbonyl (C=O) groups is 1. The van der Waals surface area contributed by atoms with E-state index in [1.165, 1.54) is 11.3 Å². The summed E-state index contributed by atoms with van der Waals surface area (Å²) in [4.78, 5) is 17.0. The molecule has 30 heavy (non-hydrogen) atoms. The normalized spacial score (nSPS) is 10.4. The summed E-state index contributed by atoms with van der Waals surface area (Å²) in [6.45, 7) is 0. The first kappa shape index (κ1) is 19.7. The fraction of sp³-hybridized carbons (Fsp3) is 0.0833. The molecule has 1 aromatic heterocycles. The third-order valence-electron chi connectivity index (χ3n) is 4.39. The van der Waals surface area contributed by atoms with Crippen molar-refractivity contribution in [1.82, 2.24) is 4.98 Å². The molecule has 0 spiro atoms. The third-order valence-corrected chi connectivity index (χ3v) is 5.24. The van der Waals surface area contributed by atoms with Gasteiger partial charge in [-0.25, -0.2) is 4.98 Å². The summed E-state index contributed by atoms with van der Waals surface area (Å²) < 4.78 is 10.9. The summed E-state index contributed by atoms with van der Waals surface area (Å²) in [7, 11) is 1.64. The Kier molecular flexibility index (Phi) is 6.06. The van der Waals surface area contributed by atoms with Gasteiger partial charge in [0.1, 0.15) is 22.9 Å². The number of benzene rings is 3. The molecule has 0 atom stereocenters. The van der Waals surface area contributed by atoms with Crippen LogP contribution in [-0.2, 0) is 6.42 Å². The number of nitrogens with zero attached hydrogens (tertiary/aromatic N) is 1. The molecule has 0 saturated heterocycles. The molecule has 0 bridgehead atoms. The molecule has 1 N–H and O–H groups in total. The van der Waals surface area contributed by atoms with Gasteiger partial charge >= 0.3 is 0 Å².